The van der Waals surface area contributed by atoms with Crippen LogP contribution in [0.3, 0.4) is 0 Å². The van der Waals surface area contributed by atoms with Crippen molar-refractivity contribution in [1.29, 1.82) is 0 Å². The Morgan fingerprint density at radius 1 is 1.11 bits per heavy atom. The number of aliphatic hydroxyl groups is 4. The normalized spacial score (nSPS) is 38.8. The molecule has 0 bridgehead atoms. The highest BCUT2D eigenvalue weighted by Crippen LogP contribution is 2.49. The van der Waals surface area contributed by atoms with Gasteiger partial charge in [-0.25, -0.2) is 8.78 Å². The van der Waals surface area contributed by atoms with E-state index in [1.165, 1.54) is 0 Å². The Kier molecular flexibility index (Phi) is 4.46. The molecule has 0 aromatic rings. The second kappa shape index (κ2) is 5.06. The van der Waals surface area contributed by atoms with Gasteiger partial charge in [0.25, 0.3) is 5.66 Å². The maximum atomic E-state index is 12.9. The maximum absolute atomic E-state index is 12.9. The quantitative estimate of drug-likeness (QED) is 0.394. The molecular formula is C7H11F2O8P-2. The van der Waals surface area contributed by atoms with Gasteiger partial charge < -0.3 is 39.5 Å². The maximum Gasteiger partial charge on any atom is 0.274 e. The Morgan fingerprint density at radius 3 is 2.06 bits per heavy atom. The Hall–Kier alpha value is -0.190. The fraction of sp³-hybridized carbons (Fsp3) is 1.00. The first-order chi connectivity index (χ1) is 7.97. The molecule has 0 aromatic carbocycles. The lowest BCUT2D eigenvalue weighted by atomic mass is 9.97. The lowest BCUT2D eigenvalue weighted by Gasteiger charge is -2.43. The molecule has 0 amide bonds. The molecule has 1 rings (SSSR count). The third-order valence-electron chi connectivity index (χ3n) is 2.53. The predicted molar refractivity (Wildman–Crippen MR) is 46.1 cm³/mol. The van der Waals surface area contributed by atoms with Gasteiger partial charge in [-0.15, -0.1) is 0 Å². The third kappa shape index (κ3) is 3.03. The number of alkyl halides is 2. The molecule has 0 aliphatic carbocycles. The van der Waals surface area contributed by atoms with Gasteiger partial charge >= 0.3 is 0 Å². The van der Waals surface area contributed by atoms with Crippen LogP contribution in [0.2, 0.25) is 0 Å². The molecule has 11 heteroatoms. The Balaban J connectivity index is 2.82. The van der Waals surface area contributed by atoms with Crippen molar-refractivity contribution in [1.82, 2.24) is 0 Å². The van der Waals surface area contributed by atoms with Crippen molar-refractivity contribution in [3.8, 4) is 0 Å². The van der Waals surface area contributed by atoms with E-state index in [-0.39, 0.29) is 0 Å². The lowest BCUT2D eigenvalue weighted by Crippen LogP contribution is -2.58. The van der Waals surface area contributed by atoms with E-state index in [0.29, 0.717) is 0 Å². The standard InChI is InChI=1S/C7H13F2O8P/c8-7(9,18(14,15)16)1-2-3(10)4(11)5(12)6(13)17-2/h2-6,10-13H,1H2,(H2,14,15,16)/p-2/t2-,3-,4+,5-,6+/m1/s1. The van der Waals surface area contributed by atoms with Crippen molar-refractivity contribution < 1.29 is 48.3 Å². The van der Waals surface area contributed by atoms with E-state index in [9.17, 15) is 33.3 Å². The Labute approximate surface area is 99.6 Å². The fourth-order valence-electron chi connectivity index (χ4n) is 1.45. The Morgan fingerprint density at radius 2 is 1.61 bits per heavy atom. The largest absolute Gasteiger partial charge is 0.807 e. The first kappa shape index (κ1) is 15.9. The van der Waals surface area contributed by atoms with Gasteiger partial charge in [-0.05, 0) is 0 Å². The summed E-state index contributed by atoms with van der Waals surface area (Å²) in [5.74, 6) is 0. The summed E-state index contributed by atoms with van der Waals surface area (Å²) in [6.45, 7) is 0. The van der Waals surface area contributed by atoms with Crippen molar-refractivity contribution in [3.05, 3.63) is 0 Å². The van der Waals surface area contributed by atoms with Gasteiger partial charge in [-0.2, -0.15) is 0 Å². The van der Waals surface area contributed by atoms with Gasteiger partial charge in [-0.1, -0.05) is 0 Å². The monoisotopic (exact) mass is 292 g/mol. The first-order valence-electron chi connectivity index (χ1n) is 4.75. The number of ether oxygens (including phenoxy) is 1. The number of hydrogen-bond donors (Lipinski definition) is 4. The molecule has 8 nitrogen and oxygen atoms in total. The smallest absolute Gasteiger partial charge is 0.274 e. The molecule has 0 saturated carbocycles. The van der Waals surface area contributed by atoms with Crippen LogP contribution in [0.25, 0.3) is 0 Å². The van der Waals surface area contributed by atoms with Gasteiger partial charge in [0.05, 0.1) is 6.10 Å². The molecule has 0 aromatic heterocycles. The summed E-state index contributed by atoms with van der Waals surface area (Å²) < 4.78 is 40.5. The van der Waals surface area contributed by atoms with Crippen molar-refractivity contribution in [2.75, 3.05) is 0 Å². The SMILES string of the molecule is O=P([O-])([O-])C(F)(F)C[C@H]1O[C@H](O)[C@H](O)[C@@H](O)[C@@H]1O. The average Bonchev–Trinajstić information content (AvgIpc) is 2.21. The van der Waals surface area contributed by atoms with E-state index in [1.54, 1.807) is 0 Å². The van der Waals surface area contributed by atoms with Gasteiger partial charge in [-0.3, -0.25) is 0 Å². The van der Waals surface area contributed by atoms with Crippen molar-refractivity contribution in [3.63, 3.8) is 0 Å². The highest BCUT2D eigenvalue weighted by molar-refractivity contribution is 7.50. The van der Waals surface area contributed by atoms with Crippen LogP contribution < -0.4 is 9.79 Å². The summed E-state index contributed by atoms with van der Waals surface area (Å²) in [6.07, 6.45) is -11.8. The third-order valence-corrected chi connectivity index (χ3v) is 3.52. The zero-order valence-corrected chi connectivity index (χ0v) is 9.61. The molecule has 0 radical (unpaired) electrons. The average molecular weight is 292 g/mol. The summed E-state index contributed by atoms with van der Waals surface area (Å²) in [5.41, 5.74) is -4.71. The molecule has 1 aliphatic heterocycles. The van der Waals surface area contributed by atoms with Crippen LogP contribution in [0.15, 0.2) is 0 Å². The molecule has 5 atom stereocenters. The zero-order valence-electron chi connectivity index (χ0n) is 8.72. The van der Waals surface area contributed by atoms with Gasteiger partial charge in [0.1, 0.15) is 18.3 Å². The highest BCUT2D eigenvalue weighted by Gasteiger charge is 2.48. The van der Waals surface area contributed by atoms with Crippen LogP contribution in [0, 0.1) is 0 Å². The molecule has 1 saturated heterocycles. The van der Waals surface area contributed by atoms with E-state index in [2.05, 4.69) is 4.74 Å². The summed E-state index contributed by atoms with van der Waals surface area (Å²) >= 11 is 0. The van der Waals surface area contributed by atoms with E-state index in [1.807, 2.05) is 0 Å². The van der Waals surface area contributed by atoms with Crippen LogP contribution in [-0.4, -0.2) is 56.8 Å². The summed E-state index contributed by atoms with van der Waals surface area (Å²) in [4.78, 5) is 20.5. The fourth-order valence-corrected chi connectivity index (χ4v) is 1.86. The minimum absolute atomic E-state index is 1.74. The highest BCUT2D eigenvalue weighted by atomic mass is 31.2. The van der Waals surface area contributed by atoms with Gasteiger partial charge in [0.15, 0.2) is 6.29 Å². The zero-order chi connectivity index (χ0) is 14.3. The van der Waals surface area contributed by atoms with Gasteiger partial charge in [0.2, 0.25) is 0 Å². The van der Waals surface area contributed by atoms with Crippen LogP contribution in [0.4, 0.5) is 8.78 Å². The minimum atomic E-state index is -6.27. The van der Waals surface area contributed by atoms with E-state index >= 15 is 0 Å². The topological polar surface area (TPSA) is 153 Å². The molecule has 0 spiro atoms. The summed E-state index contributed by atoms with van der Waals surface area (Å²) in [6, 6.07) is 0. The van der Waals surface area contributed by atoms with Crippen molar-refractivity contribution in [2.24, 2.45) is 0 Å². The van der Waals surface area contributed by atoms with Crippen molar-refractivity contribution in [2.45, 2.75) is 42.8 Å². The molecular weight excluding hydrogens is 281 g/mol. The summed E-state index contributed by atoms with van der Waals surface area (Å²) in [5, 5.41) is 36.5. The molecule has 1 fully saturated rings. The predicted octanol–water partition coefficient (Wildman–Crippen LogP) is -3.32. The lowest BCUT2D eigenvalue weighted by molar-refractivity contribution is -0.339. The van der Waals surface area contributed by atoms with Crippen molar-refractivity contribution >= 4 is 7.60 Å². The van der Waals surface area contributed by atoms with E-state index in [0.717, 1.165) is 0 Å². The van der Waals surface area contributed by atoms with E-state index < -0.39 is 50.4 Å². The first-order valence-corrected chi connectivity index (χ1v) is 6.29. The molecule has 108 valence electrons. The number of aliphatic hydroxyl groups excluding tert-OH is 4. The number of rotatable bonds is 3. The van der Waals surface area contributed by atoms with E-state index in [4.69, 9.17) is 10.2 Å². The van der Waals surface area contributed by atoms with Gasteiger partial charge in [0, 0.05) is 14.0 Å². The molecule has 4 N–H and O–H groups in total. The molecule has 1 heterocycles. The summed E-state index contributed by atoms with van der Waals surface area (Å²) in [7, 11) is -6.27. The number of halogens is 2. The second-order valence-corrected chi connectivity index (χ2v) is 5.55. The molecule has 18 heavy (non-hydrogen) atoms. The minimum Gasteiger partial charge on any atom is -0.807 e. The van der Waals surface area contributed by atoms with Crippen LogP contribution in [0.1, 0.15) is 6.42 Å². The Bertz CT molecular complexity index is 346. The van der Waals surface area contributed by atoms with Crippen LogP contribution >= 0.6 is 7.60 Å². The van der Waals surface area contributed by atoms with Crippen LogP contribution in [-0.2, 0) is 9.30 Å². The van der Waals surface area contributed by atoms with Crippen LogP contribution in [0.5, 0.6) is 0 Å². The number of hydrogen-bond acceptors (Lipinski definition) is 8. The molecule has 0 unspecified atom stereocenters. The molecule has 1 aliphatic rings. The second-order valence-electron chi connectivity index (χ2n) is 3.90.